The minimum absolute atomic E-state index is 0.0937. The standard InChI is InChI=1S/C13H15BrN4O3/c1-13(2,14)12(20)21-8-7-16-11(19)9-3-5-10(6-4-9)17-18-15/h3-6H,7-8H2,1-2H3,(H,16,19). The monoisotopic (exact) mass is 354 g/mol. The number of rotatable bonds is 6. The van der Waals surface area contributed by atoms with Crippen LogP contribution >= 0.6 is 15.9 Å². The van der Waals surface area contributed by atoms with Gasteiger partial charge < -0.3 is 10.1 Å². The third-order valence-electron chi connectivity index (χ3n) is 2.40. The number of esters is 1. The number of benzene rings is 1. The zero-order valence-corrected chi connectivity index (χ0v) is 13.3. The molecule has 0 saturated heterocycles. The van der Waals surface area contributed by atoms with Gasteiger partial charge in [-0.2, -0.15) is 0 Å². The first kappa shape index (κ1) is 17.0. The summed E-state index contributed by atoms with van der Waals surface area (Å²) >= 11 is 3.18. The Bertz CT molecular complexity index is 560. The van der Waals surface area contributed by atoms with Crippen LogP contribution < -0.4 is 5.32 Å². The second kappa shape index (κ2) is 7.66. The van der Waals surface area contributed by atoms with Crippen molar-refractivity contribution in [1.82, 2.24) is 5.32 Å². The largest absolute Gasteiger partial charge is 0.463 e. The first-order chi connectivity index (χ1) is 9.84. The zero-order valence-electron chi connectivity index (χ0n) is 11.7. The van der Waals surface area contributed by atoms with E-state index in [1.807, 2.05) is 0 Å². The Morgan fingerprint density at radius 1 is 1.38 bits per heavy atom. The highest BCUT2D eigenvalue weighted by atomic mass is 79.9. The van der Waals surface area contributed by atoms with E-state index in [0.717, 1.165) is 0 Å². The van der Waals surface area contributed by atoms with Crippen molar-refractivity contribution in [2.24, 2.45) is 5.11 Å². The fourth-order valence-electron chi connectivity index (χ4n) is 1.31. The molecule has 0 unspecified atom stereocenters. The van der Waals surface area contributed by atoms with Gasteiger partial charge in [0.25, 0.3) is 5.91 Å². The SMILES string of the molecule is CC(C)(Br)C(=O)OCCNC(=O)c1ccc(N=[N+]=[N-])cc1. The van der Waals surface area contributed by atoms with Crippen molar-refractivity contribution in [3.63, 3.8) is 0 Å². The first-order valence-corrected chi connectivity index (χ1v) is 6.93. The number of nitrogens with zero attached hydrogens (tertiary/aromatic N) is 3. The molecule has 0 aliphatic heterocycles. The van der Waals surface area contributed by atoms with Crippen molar-refractivity contribution >= 4 is 33.5 Å². The number of nitrogens with one attached hydrogen (secondary N) is 1. The third-order valence-corrected chi connectivity index (χ3v) is 2.72. The Morgan fingerprint density at radius 3 is 2.52 bits per heavy atom. The molecule has 1 N–H and O–H groups in total. The van der Waals surface area contributed by atoms with Crippen LogP contribution in [0.3, 0.4) is 0 Å². The highest BCUT2D eigenvalue weighted by molar-refractivity contribution is 9.10. The number of ether oxygens (including phenoxy) is 1. The van der Waals surface area contributed by atoms with Crippen LogP contribution in [-0.2, 0) is 9.53 Å². The molecule has 1 aromatic carbocycles. The predicted octanol–water partition coefficient (Wildman–Crippen LogP) is 3.07. The maximum absolute atomic E-state index is 11.8. The lowest BCUT2D eigenvalue weighted by Gasteiger charge is -2.14. The summed E-state index contributed by atoms with van der Waals surface area (Å²) in [7, 11) is 0. The van der Waals surface area contributed by atoms with Crippen LogP contribution in [0.25, 0.3) is 10.4 Å². The molecule has 1 aromatic rings. The molecule has 0 atom stereocenters. The van der Waals surface area contributed by atoms with Crippen molar-refractivity contribution in [3.8, 4) is 0 Å². The number of hydrogen-bond acceptors (Lipinski definition) is 4. The minimum Gasteiger partial charge on any atom is -0.463 e. The van der Waals surface area contributed by atoms with Crippen LogP contribution in [0.5, 0.6) is 0 Å². The Labute approximate surface area is 130 Å². The van der Waals surface area contributed by atoms with E-state index in [0.29, 0.717) is 11.3 Å². The zero-order chi connectivity index (χ0) is 15.9. The fourth-order valence-corrected chi connectivity index (χ4v) is 1.43. The summed E-state index contributed by atoms with van der Waals surface area (Å²) in [6.07, 6.45) is 0. The molecule has 7 nitrogen and oxygen atoms in total. The Morgan fingerprint density at radius 2 is 2.00 bits per heavy atom. The Balaban J connectivity index is 2.40. The molecular weight excluding hydrogens is 340 g/mol. The summed E-state index contributed by atoms with van der Waals surface area (Å²) in [5, 5.41) is 6.03. The van der Waals surface area contributed by atoms with Gasteiger partial charge in [-0.15, -0.1) is 0 Å². The fraction of sp³-hybridized carbons (Fsp3) is 0.385. The molecule has 8 heteroatoms. The number of halogens is 1. The molecule has 0 aliphatic carbocycles. The quantitative estimate of drug-likeness (QED) is 0.212. The van der Waals surface area contributed by atoms with Crippen molar-refractivity contribution in [2.75, 3.05) is 13.2 Å². The third kappa shape index (κ3) is 5.85. The second-order valence-corrected chi connectivity index (χ2v) is 6.58. The van der Waals surface area contributed by atoms with Gasteiger partial charge in [0, 0.05) is 16.2 Å². The number of alkyl halides is 1. The van der Waals surface area contributed by atoms with Crippen molar-refractivity contribution in [1.29, 1.82) is 0 Å². The molecule has 112 valence electrons. The summed E-state index contributed by atoms with van der Waals surface area (Å²) in [5.74, 6) is -0.688. The van der Waals surface area contributed by atoms with Crippen LogP contribution in [0.1, 0.15) is 24.2 Å². The lowest BCUT2D eigenvalue weighted by atomic mass is 10.2. The van der Waals surface area contributed by atoms with E-state index in [1.54, 1.807) is 38.1 Å². The highest BCUT2D eigenvalue weighted by Gasteiger charge is 2.25. The van der Waals surface area contributed by atoms with E-state index in [2.05, 4.69) is 31.3 Å². The smallest absolute Gasteiger partial charge is 0.322 e. The van der Waals surface area contributed by atoms with Gasteiger partial charge in [-0.1, -0.05) is 33.2 Å². The van der Waals surface area contributed by atoms with Gasteiger partial charge in [-0.05, 0) is 31.5 Å². The Hall–Kier alpha value is -2.05. The van der Waals surface area contributed by atoms with Gasteiger partial charge in [-0.25, -0.2) is 0 Å². The van der Waals surface area contributed by atoms with Crippen LogP contribution in [0.15, 0.2) is 29.4 Å². The molecular formula is C13H15BrN4O3. The van der Waals surface area contributed by atoms with Gasteiger partial charge in [-0.3, -0.25) is 9.59 Å². The molecule has 0 saturated carbocycles. The normalized spacial score (nSPS) is 10.4. The molecule has 0 fully saturated rings. The molecule has 0 aromatic heterocycles. The van der Waals surface area contributed by atoms with Crippen LogP contribution in [0.4, 0.5) is 5.69 Å². The van der Waals surface area contributed by atoms with Crippen LogP contribution in [0.2, 0.25) is 0 Å². The average Bonchev–Trinajstić information content (AvgIpc) is 2.43. The molecule has 0 heterocycles. The summed E-state index contributed by atoms with van der Waals surface area (Å²) in [6.45, 7) is 3.67. The number of hydrogen-bond donors (Lipinski definition) is 1. The van der Waals surface area contributed by atoms with E-state index in [9.17, 15) is 9.59 Å². The van der Waals surface area contributed by atoms with Gasteiger partial charge in [0.2, 0.25) is 0 Å². The topological polar surface area (TPSA) is 104 Å². The summed E-state index contributed by atoms with van der Waals surface area (Å²) in [4.78, 5) is 25.9. The number of carbonyl (C=O) groups excluding carboxylic acids is 2. The summed E-state index contributed by atoms with van der Waals surface area (Å²) in [6, 6.07) is 6.18. The van der Waals surface area contributed by atoms with Crippen molar-refractivity contribution in [3.05, 3.63) is 40.3 Å². The molecule has 0 bridgehead atoms. The predicted molar refractivity (Wildman–Crippen MR) is 81.5 cm³/mol. The van der Waals surface area contributed by atoms with Gasteiger partial charge >= 0.3 is 5.97 Å². The minimum atomic E-state index is -0.742. The van der Waals surface area contributed by atoms with Gasteiger partial charge in [0.05, 0.1) is 6.54 Å². The second-order valence-electron chi connectivity index (χ2n) is 4.60. The van der Waals surface area contributed by atoms with Crippen LogP contribution in [-0.4, -0.2) is 29.4 Å². The lowest BCUT2D eigenvalue weighted by Crippen LogP contribution is -2.32. The first-order valence-electron chi connectivity index (χ1n) is 6.14. The van der Waals surface area contributed by atoms with Gasteiger partial charge in [0.15, 0.2) is 0 Å². The van der Waals surface area contributed by atoms with E-state index in [4.69, 9.17) is 10.3 Å². The molecule has 0 radical (unpaired) electrons. The van der Waals surface area contributed by atoms with Crippen molar-refractivity contribution in [2.45, 2.75) is 18.2 Å². The molecule has 0 spiro atoms. The van der Waals surface area contributed by atoms with Crippen molar-refractivity contribution < 1.29 is 14.3 Å². The molecule has 0 aliphatic rings. The molecule has 1 amide bonds. The number of amides is 1. The maximum Gasteiger partial charge on any atom is 0.322 e. The van der Waals surface area contributed by atoms with E-state index in [1.165, 1.54) is 0 Å². The number of carbonyl (C=O) groups is 2. The highest BCUT2D eigenvalue weighted by Crippen LogP contribution is 2.17. The summed E-state index contributed by atoms with van der Waals surface area (Å²) in [5.41, 5.74) is 9.14. The number of azide groups is 1. The Kier molecular flexibility index (Phi) is 6.20. The van der Waals surface area contributed by atoms with E-state index in [-0.39, 0.29) is 19.1 Å². The summed E-state index contributed by atoms with van der Waals surface area (Å²) < 4.78 is 4.25. The molecule has 1 rings (SSSR count). The lowest BCUT2D eigenvalue weighted by molar-refractivity contribution is -0.145. The van der Waals surface area contributed by atoms with Gasteiger partial charge in [0.1, 0.15) is 10.9 Å². The van der Waals surface area contributed by atoms with Crippen LogP contribution in [0, 0.1) is 0 Å². The van der Waals surface area contributed by atoms with E-state index >= 15 is 0 Å². The maximum atomic E-state index is 11.8. The van der Waals surface area contributed by atoms with E-state index < -0.39 is 10.3 Å². The average molecular weight is 355 g/mol. The molecule has 21 heavy (non-hydrogen) atoms.